The van der Waals surface area contributed by atoms with Crippen LogP contribution in [0.15, 0.2) is 0 Å². The number of nitrogens with zero attached hydrogens (tertiary/aromatic N) is 2. The van der Waals surface area contributed by atoms with Crippen molar-refractivity contribution in [1.29, 1.82) is 0 Å². The van der Waals surface area contributed by atoms with Gasteiger partial charge in [-0.1, -0.05) is 13.8 Å². The van der Waals surface area contributed by atoms with Crippen LogP contribution in [0, 0.1) is 0 Å². The lowest BCUT2D eigenvalue weighted by Crippen LogP contribution is -2.32. The second-order valence-electron chi connectivity index (χ2n) is 3.82. The van der Waals surface area contributed by atoms with E-state index in [1.54, 1.807) is 0 Å². The van der Waals surface area contributed by atoms with Gasteiger partial charge in [-0.2, -0.15) is 0 Å². The fourth-order valence-corrected chi connectivity index (χ4v) is 0.990. The average Bonchev–Trinajstić information content (AvgIpc) is 2.31. The van der Waals surface area contributed by atoms with Crippen molar-refractivity contribution in [2.24, 2.45) is 0 Å². The Morgan fingerprint density at radius 1 is 1.19 bits per heavy atom. The van der Waals surface area contributed by atoms with Gasteiger partial charge in [-0.25, -0.2) is 0 Å². The van der Waals surface area contributed by atoms with Crippen molar-refractivity contribution < 1.29 is 4.74 Å². The molecule has 4 heteroatoms. The van der Waals surface area contributed by atoms with Crippen molar-refractivity contribution in [3.63, 3.8) is 0 Å². The van der Waals surface area contributed by atoms with Crippen LogP contribution in [0.25, 0.3) is 0 Å². The van der Waals surface area contributed by atoms with E-state index in [2.05, 4.69) is 36.3 Å². The van der Waals surface area contributed by atoms with E-state index in [1.165, 1.54) is 0 Å². The van der Waals surface area contributed by atoms with Crippen LogP contribution in [-0.2, 0) is 4.74 Å². The zero-order valence-electron chi connectivity index (χ0n) is 12.0. The van der Waals surface area contributed by atoms with Crippen molar-refractivity contribution in [3.8, 4) is 0 Å². The molecule has 1 N–H and O–H groups in total. The molecule has 0 saturated carbocycles. The number of hydrogen-bond acceptors (Lipinski definition) is 4. The van der Waals surface area contributed by atoms with Gasteiger partial charge in [0, 0.05) is 26.2 Å². The van der Waals surface area contributed by atoms with Gasteiger partial charge < -0.3 is 19.9 Å². The van der Waals surface area contributed by atoms with Gasteiger partial charge in [0.1, 0.15) is 0 Å². The topological polar surface area (TPSA) is 27.7 Å². The summed E-state index contributed by atoms with van der Waals surface area (Å²) in [6, 6.07) is 0. The van der Waals surface area contributed by atoms with Crippen LogP contribution in [0.3, 0.4) is 0 Å². The zero-order chi connectivity index (χ0) is 12.8. The normalized spacial score (nSPS) is 15.9. The molecular weight excluding hydrogens is 202 g/mol. The maximum absolute atomic E-state index is 5.10. The third kappa shape index (κ3) is 16.3. The Balaban J connectivity index is 0. The first-order valence-corrected chi connectivity index (χ1v) is 6.22. The Kier molecular flexibility index (Phi) is 16.9. The van der Waals surface area contributed by atoms with Gasteiger partial charge in [-0.05, 0) is 28.2 Å². The Bertz CT molecular complexity index is 115. The molecule has 0 aromatic heterocycles. The molecule has 1 aliphatic rings. The summed E-state index contributed by atoms with van der Waals surface area (Å²) >= 11 is 0. The molecule has 0 aromatic carbocycles. The van der Waals surface area contributed by atoms with E-state index in [0.717, 1.165) is 39.4 Å². The quantitative estimate of drug-likeness (QED) is 0.778. The lowest BCUT2D eigenvalue weighted by Gasteiger charge is -2.21. The van der Waals surface area contributed by atoms with Crippen LogP contribution in [0.1, 0.15) is 13.8 Å². The smallest absolute Gasteiger partial charge is 0.0594 e. The van der Waals surface area contributed by atoms with Crippen molar-refractivity contribution in [1.82, 2.24) is 15.1 Å². The number of hydrogen-bond donors (Lipinski definition) is 1. The van der Waals surface area contributed by atoms with Gasteiger partial charge in [0.2, 0.25) is 0 Å². The van der Waals surface area contributed by atoms with Gasteiger partial charge in [-0.15, -0.1) is 0 Å². The highest BCUT2D eigenvalue weighted by Gasteiger charge is 2.02. The molecular formula is C12H31N3O. The van der Waals surface area contributed by atoms with Crippen LogP contribution in [0.2, 0.25) is 0 Å². The monoisotopic (exact) mass is 233 g/mol. The van der Waals surface area contributed by atoms with E-state index in [4.69, 9.17) is 4.74 Å². The van der Waals surface area contributed by atoms with Crippen LogP contribution < -0.4 is 5.32 Å². The van der Waals surface area contributed by atoms with E-state index in [1.807, 2.05) is 20.9 Å². The summed E-state index contributed by atoms with van der Waals surface area (Å²) in [6.45, 7) is 10.2. The molecule has 0 aliphatic carbocycles. The Labute approximate surface area is 102 Å². The molecule has 0 spiro atoms. The number of ether oxygens (including phenoxy) is 1. The molecule has 0 aromatic rings. The minimum Gasteiger partial charge on any atom is -0.379 e. The first-order valence-electron chi connectivity index (χ1n) is 6.22. The fourth-order valence-electron chi connectivity index (χ4n) is 0.990. The first kappa shape index (κ1) is 18.2. The van der Waals surface area contributed by atoms with Crippen molar-refractivity contribution in [2.75, 3.05) is 67.6 Å². The molecule has 1 rings (SSSR count). The molecule has 0 bridgehead atoms. The summed E-state index contributed by atoms with van der Waals surface area (Å²) in [7, 11) is 8.21. The fraction of sp³-hybridized carbons (Fsp3) is 1.00. The van der Waals surface area contributed by atoms with Crippen molar-refractivity contribution in [2.45, 2.75) is 13.8 Å². The number of morpholine rings is 1. The van der Waals surface area contributed by atoms with Crippen LogP contribution in [-0.4, -0.2) is 77.4 Å². The minimum absolute atomic E-state index is 0.913. The van der Waals surface area contributed by atoms with E-state index in [0.29, 0.717) is 0 Å². The second-order valence-corrected chi connectivity index (χ2v) is 3.82. The highest BCUT2D eigenvalue weighted by atomic mass is 16.5. The van der Waals surface area contributed by atoms with E-state index >= 15 is 0 Å². The minimum atomic E-state index is 0.913. The highest BCUT2D eigenvalue weighted by molar-refractivity contribution is 4.53. The van der Waals surface area contributed by atoms with Gasteiger partial charge in [0.05, 0.1) is 13.2 Å². The summed E-state index contributed by atoms with van der Waals surface area (Å²) in [6.07, 6.45) is 0. The molecule has 1 fully saturated rings. The molecule has 1 heterocycles. The third-order valence-electron chi connectivity index (χ3n) is 2.04. The van der Waals surface area contributed by atoms with Gasteiger partial charge in [0.25, 0.3) is 0 Å². The molecule has 100 valence electrons. The number of nitrogens with one attached hydrogen (secondary N) is 1. The molecule has 16 heavy (non-hydrogen) atoms. The largest absolute Gasteiger partial charge is 0.379 e. The molecule has 1 saturated heterocycles. The predicted molar refractivity (Wildman–Crippen MR) is 72.1 cm³/mol. The van der Waals surface area contributed by atoms with Crippen LogP contribution in [0.5, 0.6) is 0 Å². The molecule has 0 radical (unpaired) electrons. The zero-order valence-corrected chi connectivity index (χ0v) is 12.0. The van der Waals surface area contributed by atoms with E-state index in [-0.39, 0.29) is 0 Å². The summed E-state index contributed by atoms with van der Waals surface area (Å²) in [5.74, 6) is 0. The van der Waals surface area contributed by atoms with E-state index in [9.17, 15) is 0 Å². The molecule has 0 atom stereocenters. The van der Waals surface area contributed by atoms with Gasteiger partial charge in [0.15, 0.2) is 0 Å². The maximum atomic E-state index is 5.10. The Morgan fingerprint density at radius 3 is 1.88 bits per heavy atom. The van der Waals surface area contributed by atoms with Gasteiger partial charge in [-0.3, -0.25) is 0 Å². The average molecular weight is 233 g/mol. The second kappa shape index (κ2) is 14.8. The first-order chi connectivity index (χ1) is 7.66. The number of likely N-dealkylation sites (N-methyl/N-ethyl adjacent to an activating group) is 3. The summed E-state index contributed by atoms with van der Waals surface area (Å²) in [5, 5.41) is 3.06. The number of rotatable bonds is 3. The van der Waals surface area contributed by atoms with Crippen LogP contribution in [0.4, 0.5) is 0 Å². The molecule has 0 amide bonds. The Morgan fingerprint density at radius 2 is 1.69 bits per heavy atom. The van der Waals surface area contributed by atoms with Gasteiger partial charge >= 0.3 is 0 Å². The summed E-state index contributed by atoms with van der Waals surface area (Å²) in [4.78, 5) is 4.42. The standard InChI is InChI=1S/C5H14N2.C5H11NO.C2H6/c1-6-4-5-7(2)3;1-6-2-4-7-5-3-6;1-2/h6H,4-5H2,1-3H3;2-5H2,1H3;1-2H3. The lowest BCUT2D eigenvalue weighted by atomic mass is 10.5. The molecule has 4 nitrogen and oxygen atoms in total. The Hall–Kier alpha value is -0.160. The summed E-state index contributed by atoms with van der Waals surface area (Å²) < 4.78 is 5.10. The SMILES string of the molecule is CC.CN1CCOCC1.CNCCN(C)C. The molecule has 0 unspecified atom stereocenters. The summed E-state index contributed by atoms with van der Waals surface area (Å²) in [5.41, 5.74) is 0. The molecule has 1 aliphatic heterocycles. The van der Waals surface area contributed by atoms with Crippen molar-refractivity contribution in [3.05, 3.63) is 0 Å². The third-order valence-corrected chi connectivity index (χ3v) is 2.04. The van der Waals surface area contributed by atoms with Crippen molar-refractivity contribution >= 4 is 0 Å². The maximum Gasteiger partial charge on any atom is 0.0594 e. The van der Waals surface area contributed by atoms with E-state index < -0.39 is 0 Å². The highest BCUT2D eigenvalue weighted by Crippen LogP contribution is 1.89. The predicted octanol–water partition coefficient (Wildman–Crippen LogP) is 0.742. The lowest BCUT2D eigenvalue weighted by molar-refractivity contribution is 0.0503. The van der Waals surface area contributed by atoms with Crippen LogP contribution >= 0.6 is 0 Å².